The second kappa shape index (κ2) is 11.1. The first kappa shape index (κ1) is 27.1. The summed E-state index contributed by atoms with van der Waals surface area (Å²) in [7, 11) is 3.49. The van der Waals surface area contributed by atoms with E-state index in [4.69, 9.17) is 36.1 Å². The predicted octanol–water partition coefficient (Wildman–Crippen LogP) is -3.33. The van der Waals surface area contributed by atoms with Gasteiger partial charge in [-0.1, -0.05) is 0 Å². The molecule has 11 N–H and O–H groups in total. The maximum Gasteiger partial charge on any atom is 0.185 e. The molecule has 0 amide bonds. The van der Waals surface area contributed by atoms with Gasteiger partial charge >= 0.3 is 0 Å². The van der Waals surface area contributed by atoms with Crippen molar-refractivity contribution in [3.63, 3.8) is 0 Å². The Balaban J connectivity index is 1.68. The summed E-state index contributed by atoms with van der Waals surface area (Å²) in [4.78, 5) is 0. The number of rotatable bonds is 7. The Morgan fingerprint density at radius 3 is 2.15 bits per heavy atom. The Morgan fingerprint density at radius 2 is 1.58 bits per heavy atom. The highest BCUT2D eigenvalue weighted by molar-refractivity contribution is 5.02. The summed E-state index contributed by atoms with van der Waals surface area (Å²) in [6.07, 6.45) is -4.22. The molecule has 12 heteroatoms. The number of aliphatic hydroxyl groups is 3. The van der Waals surface area contributed by atoms with Gasteiger partial charge in [-0.15, -0.1) is 0 Å². The Bertz CT molecular complexity index is 632. The van der Waals surface area contributed by atoms with Gasteiger partial charge in [-0.3, -0.25) is 0 Å². The molecule has 194 valence electrons. The van der Waals surface area contributed by atoms with Gasteiger partial charge in [-0.25, -0.2) is 0 Å². The third-order valence-electron chi connectivity index (χ3n) is 7.24. The molecule has 0 spiro atoms. The molecular formula is C21H43N5O7. The zero-order chi connectivity index (χ0) is 24.5. The van der Waals surface area contributed by atoms with Crippen LogP contribution in [0.4, 0.5) is 0 Å². The molecule has 0 aromatic rings. The van der Waals surface area contributed by atoms with E-state index >= 15 is 0 Å². The van der Waals surface area contributed by atoms with Crippen molar-refractivity contribution in [3.05, 3.63) is 0 Å². The molecule has 0 radical (unpaired) electrons. The van der Waals surface area contributed by atoms with Crippen LogP contribution < -0.4 is 27.8 Å². The van der Waals surface area contributed by atoms with Crippen molar-refractivity contribution < 1.29 is 34.3 Å². The van der Waals surface area contributed by atoms with E-state index in [0.717, 1.165) is 6.42 Å². The zero-order valence-corrected chi connectivity index (χ0v) is 20.0. The van der Waals surface area contributed by atoms with Crippen molar-refractivity contribution in [1.29, 1.82) is 0 Å². The minimum atomic E-state index is -1.29. The molecule has 3 rings (SSSR count). The molecule has 1 saturated carbocycles. The van der Waals surface area contributed by atoms with Gasteiger partial charge in [0.05, 0.1) is 24.8 Å². The van der Waals surface area contributed by atoms with Crippen LogP contribution in [0, 0.1) is 0 Å². The minimum absolute atomic E-state index is 0.0620. The molecule has 1 unspecified atom stereocenters. The van der Waals surface area contributed by atoms with E-state index in [1.807, 2.05) is 14.0 Å². The van der Waals surface area contributed by atoms with E-state index in [9.17, 15) is 15.3 Å². The molecule has 0 aromatic carbocycles. The molecule has 33 heavy (non-hydrogen) atoms. The van der Waals surface area contributed by atoms with Gasteiger partial charge in [0, 0.05) is 18.1 Å². The van der Waals surface area contributed by atoms with Gasteiger partial charge in [0.1, 0.15) is 30.0 Å². The fourth-order valence-electron chi connectivity index (χ4n) is 5.04. The highest BCUT2D eigenvalue weighted by Crippen LogP contribution is 2.31. The van der Waals surface area contributed by atoms with Crippen LogP contribution in [0.15, 0.2) is 0 Å². The van der Waals surface area contributed by atoms with Crippen LogP contribution >= 0.6 is 0 Å². The summed E-state index contributed by atoms with van der Waals surface area (Å²) in [5.41, 5.74) is 17.5. The first-order valence-corrected chi connectivity index (χ1v) is 11.8. The van der Waals surface area contributed by atoms with Gasteiger partial charge in [0.25, 0.3) is 0 Å². The maximum atomic E-state index is 11.1. The molecule has 12 nitrogen and oxygen atoms in total. The summed E-state index contributed by atoms with van der Waals surface area (Å²) >= 11 is 0. The summed E-state index contributed by atoms with van der Waals surface area (Å²) < 4.78 is 23.7. The average molecular weight is 478 g/mol. The lowest BCUT2D eigenvalue weighted by atomic mass is 9.84. The number of hydrogen-bond acceptors (Lipinski definition) is 12. The lowest BCUT2D eigenvalue weighted by Crippen LogP contribution is -2.68. The molecule has 0 bridgehead atoms. The van der Waals surface area contributed by atoms with Crippen LogP contribution in [0.3, 0.4) is 0 Å². The topological polar surface area (TPSA) is 200 Å². The standard InChI is InChI=1S/C21H43N5O7/c1-9(25-3)13-6-5-10(22)19(31-13)32-16-11(23)7-12(24)17(14(16)27)33-20-15(28)18(26-4)21(2,29)8-30-20/h9-20,25-29H,5-8,22-24H2,1-4H3/t9?,10-,11+,12-,13+,14+,15-,16-,17+,18-,19-,20+,21+/m1/s1. The Morgan fingerprint density at radius 1 is 0.970 bits per heavy atom. The first-order valence-electron chi connectivity index (χ1n) is 11.8. The van der Waals surface area contributed by atoms with Gasteiger partial charge in [-0.05, 0) is 47.2 Å². The van der Waals surface area contributed by atoms with Crippen molar-refractivity contribution in [2.24, 2.45) is 17.2 Å². The molecule has 13 atom stereocenters. The second-order valence-corrected chi connectivity index (χ2v) is 9.91. The Hall–Kier alpha value is -0.480. The first-order chi connectivity index (χ1) is 15.5. The highest BCUT2D eigenvalue weighted by Gasteiger charge is 2.50. The fourth-order valence-corrected chi connectivity index (χ4v) is 5.04. The predicted molar refractivity (Wildman–Crippen MR) is 120 cm³/mol. The van der Waals surface area contributed by atoms with Crippen molar-refractivity contribution >= 4 is 0 Å². The van der Waals surface area contributed by atoms with Crippen LogP contribution in [0.1, 0.15) is 33.1 Å². The van der Waals surface area contributed by atoms with E-state index in [2.05, 4.69) is 10.6 Å². The molecule has 2 heterocycles. The van der Waals surface area contributed by atoms with Crippen molar-refractivity contribution in [2.75, 3.05) is 20.7 Å². The van der Waals surface area contributed by atoms with Crippen molar-refractivity contribution in [1.82, 2.24) is 10.6 Å². The number of hydrogen-bond donors (Lipinski definition) is 8. The van der Waals surface area contributed by atoms with Crippen LogP contribution in [0.2, 0.25) is 0 Å². The van der Waals surface area contributed by atoms with Crippen LogP contribution in [0.25, 0.3) is 0 Å². The number of aliphatic hydroxyl groups excluding tert-OH is 2. The second-order valence-electron chi connectivity index (χ2n) is 9.91. The lowest BCUT2D eigenvalue weighted by Gasteiger charge is -2.48. The molecule has 1 aliphatic carbocycles. The molecule has 0 aromatic heterocycles. The molecule has 3 aliphatic rings. The summed E-state index contributed by atoms with van der Waals surface area (Å²) in [5.74, 6) is 0. The fraction of sp³-hybridized carbons (Fsp3) is 1.00. The van der Waals surface area contributed by atoms with Gasteiger partial charge in [-0.2, -0.15) is 0 Å². The maximum absolute atomic E-state index is 11.1. The van der Waals surface area contributed by atoms with Gasteiger partial charge in [0.15, 0.2) is 12.6 Å². The van der Waals surface area contributed by atoms with Crippen molar-refractivity contribution in [3.8, 4) is 0 Å². The Labute approximate surface area is 195 Å². The monoisotopic (exact) mass is 477 g/mol. The number of nitrogens with one attached hydrogen (secondary N) is 2. The number of ether oxygens (including phenoxy) is 4. The van der Waals surface area contributed by atoms with E-state index in [0.29, 0.717) is 12.8 Å². The van der Waals surface area contributed by atoms with E-state index in [-0.39, 0.29) is 24.8 Å². The zero-order valence-electron chi connectivity index (χ0n) is 20.0. The van der Waals surface area contributed by atoms with Gasteiger partial charge in [0.2, 0.25) is 0 Å². The lowest BCUT2D eigenvalue weighted by molar-refractivity contribution is -0.307. The SMILES string of the molecule is CNC(C)[C@@H]1CC[C@@H](N)[C@@H](O[C@H]2[C@H](O)[C@@H](O[C@@H]3OC[C@](C)(O)[C@H](NC)[C@H]3O)[C@H](N)C[C@@H]2N)O1. The number of likely N-dealkylation sites (N-methyl/N-ethyl adjacent to an activating group) is 2. The third kappa shape index (κ3) is 5.85. The molecule has 2 saturated heterocycles. The summed E-state index contributed by atoms with van der Waals surface area (Å²) in [6.45, 7) is 3.52. The van der Waals surface area contributed by atoms with Crippen molar-refractivity contribution in [2.45, 2.75) is 112 Å². The third-order valence-corrected chi connectivity index (χ3v) is 7.24. The average Bonchev–Trinajstić information content (AvgIpc) is 2.76. The quantitative estimate of drug-likeness (QED) is 0.182. The smallest absolute Gasteiger partial charge is 0.185 e. The largest absolute Gasteiger partial charge is 0.388 e. The van der Waals surface area contributed by atoms with E-state index in [1.54, 1.807) is 14.0 Å². The Kier molecular flexibility index (Phi) is 9.09. The van der Waals surface area contributed by atoms with Crippen LogP contribution in [0.5, 0.6) is 0 Å². The van der Waals surface area contributed by atoms with E-state index < -0.39 is 60.7 Å². The minimum Gasteiger partial charge on any atom is -0.388 e. The normalized spacial score (nSPS) is 50.2. The van der Waals surface area contributed by atoms with Crippen LogP contribution in [-0.4, -0.2) is 115 Å². The summed E-state index contributed by atoms with van der Waals surface area (Å²) in [5, 5.41) is 38.3. The highest BCUT2D eigenvalue weighted by atomic mass is 16.7. The molecular weight excluding hydrogens is 434 g/mol. The molecule has 3 fully saturated rings. The van der Waals surface area contributed by atoms with E-state index in [1.165, 1.54) is 0 Å². The molecule has 2 aliphatic heterocycles. The summed E-state index contributed by atoms with van der Waals surface area (Å²) in [6, 6.07) is -2.11. The van der Waals surface area contributed by atoms with Gasteiger partial charge < -0.3 is 62.1 Å². The van der Waals surface area contributed by atoms with Crippen LogP contribution in [-0.2, 0) is 18.9 Å². The number of nitrogens with two attached hydrogens (primary N) is 3.